The summed E-state index contributed by atoms with van der Waals surface area (Å²) in [5, 5.41) is 12.0. The summed E-state index contributed by atoms with van der Waals surface area (Å²) in [6, 6.07) is 1.88. The molecule has 1 aromatic carbocycles. The number of aliphatic carboxylic acids is 1. The van der Waals surface area contributed by atoms with Crippen molar-refractivity contribution in [1.82, 2.24) is 5.32 Å². The van der Waals surface area contributed by atoms with Gasteiger partial charge < -0.3 is 10.4 Å². The van der Waals surface area contributed by atoms with Crippen molar-refractivity contribution in [2.75, 3.05) is 6.54 Å². The van der Waals surface area contributed by atoms with Gasteiger partial charge in [0.2, 0.25) is 0 Å². The molecule has 110 valence electrons. The summed E-state index contributed by atoms with van der Waals surface area (Å²) in [6.07, 6.45) is 2.38. The van der Waals surface area contributed by atoms with Gasteiger partial charge in [-0.15, -0.1) is 0 Å². The van der Waals surface area contributed by atoms with E-state index in [1.54, 1.807) is 0 Å². The van der Waals surface area contributed by atoms with Crippen LogP contribution in [-0.4, -0.2) is 17.6 Å². The third kappa shape index (κ3) is 3.30. The zero-order valence-electron chi connectivity index (χ0n) is 10.8. The van der Waals surface area contributed by atoms with E-state index in [9.17, 15) is 18.0 Å². The highest BCUT2D eigenvalue weighted by Gasteiger charge is 2.32. The first-order chi connectivity index (χ1) is 9.49. The Bertz CT molecular complexity index is 484. The minimum absolute atomic E-state index is 0.0302. The molecule has 6 heteroatoms. The number of hydrogen-bond acceptors (Lipinski definition) is 2. The molecular weight excluding hydrogens is 271 g/mol. The van der Waals surface area contributed by atoms with Crippen molar-refractivity contribution < 1.29 is 23.1 Å². The number of hydrogen-bond donors (Lipinski definition) is 2. The molecule has 0 spiro atoms. The van der Waals surface area contributed by atoms with Gasteiger partial charge in [0.1, 0.15) is 0 Å². The first-order valence-electron chi connectivity index (χ1n) is 6.56. The summed E-state index contributed by atoms with van der Waals surface area (Å²) in [5.74, 6) is -5.03. The molecule has 0 aliphatic heterocycles. The predicted octanol–water partition coefficient (Wildman–Crippen LogP) is 2.69. The van der Waals surface area contributed by atoms with Crippen molar-refractivity contribution in [3.05, 3.63) is 35.1 Å². The second-order valence-electron chi connectivity index (χ2n) is 5.14. The van der Waals surface area contributed by atoms with Crippen LogP contribution in [0.15, 0.2) is 12.1 Å². The van der Waals surface area contributed by atoms with Crippen molar-refractivity contribution in [3.63, 3.8) is 0 Å². The van der Waals surface area contributed by atoms with E-state index in [4.69, 9.17) is 5.11 Å². The van der Waals surface area contributed by atoms with Gasteiger partial charge in [-0.05, 0) is 43.0 Å². The van der Waals surface area contributed by atoms with E-state index < -0.39 is 23.4 Å². The van der Waals surface area contributed by atoms with Gasteiger partial charge in [-0.3, -0.25) is 4.79 Å². The van der Waals surface area contributed by atoms with Gasteiger partial charge in [-0.1, -0.05) is 6.42 Å². The van der Waals surface area contributed by atoms with Gasteiger partial charge in [0.05, 0.1) is 5.92 Å². The average molecular weight is 287 g/mol. The number of carboxylic acid groups (broad SMARTS) is 1. The van der Waals surface area contributed by atoms with Gasteiger partial charge in [-0.2, -0.15) is 0 Å². The first kappa shape index (κ1) is 14.8. The third-order valence-electron chi connectivity index (χ3n) is 3.76. The maximum Gasteiger partial charge on any atom is 0.306 e. The molecule has 0 radical (unpaired) electrons. The predicted molar refractivity (Wildman–Crippen MR) is 66.5 cm³/mol. The summed E-state index contributed by atoms with van der Waals surface area (Å²) < 4.78 is 38.8. The van der Waals surface area contributed by atoms with Gasteiger partial charge >= 0.3 is 5.97 Å². The second kappa shape index (κ2) is 6.26. The molecule has 1 saturated carbocycles. The molecule has 1 aliphatic rings. The van der Waals surface area contributed by atoms with E-state index in [0.29, 0.717) is 18.5 Å². The normalized spacial score (nSPS) is 22.1. The zero-order chi connectivity index (χ0) is 14.7. The van der Waals surface area contributed by atoms with Crippen LogP contribution in [0.25, 0.3) is 0 Å². The molecule has 1 fully saturated rings. The minimum Gasteiger partial charge on any atom is -0.481 e. The molecule has 2 rings (SSSR count). The monoisotopic (exact) mass is 287 g/mol. The summed E-state index contributed by atoms with van der Waals surface area (Å²) in [7, 11) is 0. The fourth-order valence-electron chi connectivity index (χ4n) is 2.72. The fourth-order valence-corrected chi connectivity index (χ4v) is 2.72. The maximum atomic E-state index is 13.0. The van der Waals surface area contributed by atoms with E-state index in [-0.39, 0.29) is 18.4 Å². The van der Waals surface area contributed by atoms with Crippen LogP contribution in [0.4, 0.5) is 13.2 Å². The van der Waals surface area contributed by atoms with Crippen LogP contribution in [0.2, 0.25) is 0 Å². The first-order valence-corrected chi connectivity index (χ1v) is 6.56. The van der Waals surface area contributed by atoms with Crippen LogP contribution >= 0.6 is 0 Å². The van der Waals surface area contributed by atoms with Crippen LogP contribution in [0.3, 0.4) is 0 Å². The van der Waals surface area contributed by atoms with Crippen LogP contribution in [0.1, 0.15) is 24.8 Å². The Morgan fingerprint density at radius 3 is 2.50 bits per heavy atom. The van der Waals surface area contributed by atoms with Gasteiger partial charge in [0, 0.05) is 6.54 Å². The summed E-state index contributed by atoms with van der Waals surface area (Å²) >= 11 is 0. The van der Waals surface area contributed by atoms with E-state index >= 15 is 0 Å². The number of benzene rings is 1. The highest BCUT2D eigenvalue weighted by Crippen LogP contribution is 2.31. The van der Waals surface area contributed by atoms with Crippen LogP contribution in [-0.2, 0) is 11.3 Å². The zero-order valence-corrected chi connectivity index (χ0v) is 10.8. The number of halogens is 3. The quantitative estimate of drug-likeness (QED) is 0.819. The lowest BCUT2D eigenvalue weighted by Crippen LogP contribution is -2.28. The molecule has 3 nitrogen and oxygen atoms in total. The van der Waals surface area contributed by atoms with Crippen molar-refractivity contribution in [3.8, 4) is 0 Å². The Labute approximate surface area is 114 Å². The van der Waals surface area contributed by atoms with Gasteiger partial charge in [0.15, 0.2) is 17.5 Å². The summed E-state index contributed by atoms with van der Waals surface area (Å²) in [6.45, 7) is 0.647. The molecule has 2 N–H and O–H groups in total. The topological polar surface area (TPSA) is 49.3 Å². The van der Waals surface area contributed by atoms with Gasteiger partial charge in [-0.25, -0.2) is 13.2 Å². The smallest absolute Gasteiger partial charge is 0.306 e. The Hall–Kier alpha value is -1.56. The Morgan fingerprint density at radius 1 is 1.25 bits per heavy atom. The number of nitrogens with one attached hydrogen (secondary N) is 1. The SMILES string of the molecule is O=C(O)C1CCCC1CNCc1cc(F)c(F)c(F)c1. The molecule has 0 bridgehead atoms. The molecule has 0 heterocycles. The van der Waals surface area contributed by atoms with Crippen molar-refractivity contribution in [1.29, 1.82) is 0 Å². The molecule has 1 aromatic rings. The molecule has 0 saturated heterocycles. The van der Waals surface area contributed by atoms with Crippen LogP contribution in [0.5, 0.6) is 0 Å². The highest BCUT2D eigenvalue weighted by molar-refractivity contribution is 5.70. The van der Waals surface area contributed by atoms with Crippen LogP contribution < -0.4 is 5.32 Å². The summed E-state index contributed by atoms with van der Waals surface area (Å²) in [5.41, 5.74) is 0.297. The third-order valence-corrected chi connectivity index (χ3v) is 3.76. The van der Waals surface area contributed by atoms with Crippen molar-refractivity contribution >= 4 is 5.97 Å². The molecular formula is C14H16F3NO2. The largest absolute Gasteiger partial charge is 0.481 e. The lowest BCUT2D eigenvalue weighted by atomic mass is 9.96. The van der Waals surface area contributed by atoms with E-state index in [0.717, 1.165) is 25.0 Å². The van der Waals surface area contributed by atoms with Crippen LogP contribution in [0, 0.1) is 29.3 Å². The molecule has 1 aliphatic carbocycles. The Kier molecular flexibility index (Phi) is 4.65. The number of carbonyl (C=O) groups is 1. The van der Waals surface area contributed by atoms with E-state index in [2.05, 4.69) is 5.32 Å². The second-order valence-corrected chi connectivity index (χ2v) is 5.14. The standard InChI is InChI=1S/C14H16F3NO2/c15-11-4-8(5-12(16)13(11)17)6-18-7-9-2-1-3-10(9)14(19)20/h4-5,9-10,18H,1-3,6-7H2,(H,19,20). The molecule has 0 aromatic heterocycles. The van der Waals surface area contributed by atoms with E-state index in [1.807, 2.05) is 0 Å². The lowest BCUT2D eigenvalue weighted by molar-refractivity contribution is -0.142. The fraction of sp³-hybridized carbons (Fsp3) is 0.500. The summed E-state index contributed by atoms with van der Waals surface area (Å²) in [4.78, 5) is 11.0. The van der Waals surface area contributed by atoms with Crippen molar-refractivity contribution in [2.45, 2.75) is 25.8 Å². The van der Waals surface area contributed by atoms with Crippen molar-refractivity contribution in [2.24, 2.45) is 11.8 Å². The number of carboxylic acids is 1. The Balaban J connectivity index is 1.88. The molecule has 20 heavy (non-hydrogen) atoms. The Morgan fingerprint density at radius 2 is 1.90 bits per heavy atom. The molecule has 0 amide bonds. The maximum absolute atomic E-state index is 13.0. The molecule has 2 unspecified atom stereocenters. The highest BCUT2D eigenvalue weighted by atomic mass is 19.2. The van der Waals surface area contributed by atoms with Gasteiger partial charge in [0.25, 0.3) is 0 Å². The van der Waals surface area contributed by atoms with E-state index in [1.165, 1.54) is 0 Å². The molecule has 2 atom stereocenters. The average Bonchev–Trinajstić information content (AvgIpc) is 2.84. The lowest BCUT2D eigenvalue weighted by Gasteiger charge is -2.16. The minimum atomic E-state index is -1.48. The number of rotatable bonds is 5.